The van der Waals surface area contributed by atoms with Gasteiger partial charge in [0.1, 0.15) is 11.1 Å². The quantitative estimate of drug-likeness (QED) is 0.796. The maximum Gasteiger partial charge on any atom is 0.240 e. The first-order valence-electron chi connectivity index (χ1n) is 8.24. The molecule has 2 aromatic carbocycles. The molecule has 2 unspecified atom stereocenters. The number of nitrogens with two attached hydrogens (primary N) is 1. The Hall–Kier alpha value is -1.56. The molecule has 1 heterocycles. The first-order chi connectivity index (χ1) is 12.1. The van der Waals surface area contributed by atoms with Gasteiger partial charge in [0.25, 0.3) is 0 Å². The summed E-state index contributed by atoms with van der Waals surface area (Å²) in [5.41, 5.74) is 6.67. The van der Waals surface area contributed by atoms with Crippen LogP contribution in [0.3, 0.4) is 0 Å². The van der Waals surface area contributed by atoms with Crippen LogP contribution in [0.5, 0.6) is 0 Å². The molecule has 3 rings (SSSR count). The smallest absolute Gasteiger partial charge is 0.240 e. The Labute approximate surface area is 156 Å². The van der Waals surface area contributed by atoms with Crippen LogP contribution in [0.1, 0.15) is 17.2 Å². The molecule has 1 fully saturated rings. The number of benzene rings is 2. The molecule has 2 N–H and O–H groups in total. The van der Waals surface area contributed by atoms with E-state index in [-0.39, 0.29) is 16.2 Å². The van der Waals surface area contributed by atoms with Crippen molar-refractivity contribution in [2.45, 2.75) is 16.6 Å². The van der Waals surface area contributed by atoms with Crippen LogP contribution in [0.2, 0.25) is 5.02 Å². The minimum Gasteiger partial charge on any atom is -0.341 e. The number of thioether (sulfide) groups is 1. The Bertz CT molecular complexity index is 743. The number of carbonyl (C=O) groups is 1. The highest BCUT2D eigenvalue weighted by molar-refractivity contribution is 8.00. The second kappa shape index (κ2) is 8.21. The average Bonchev–Trinajstić information content (AvgIpc) is 3.12. The van der Waals surface area contributed by atoms with Crippen molar-refractivity contribution in [3.05, 3.63) is 64.9 Å². The third-order valence-corrected chi connectivity index (χ3v) is 5.93. The van der Waals surface area contributed by atoms with E-state index < -0.39 is 5.82 Å². The lowest BCUT2D eigenvalue weighted by molar-refractivity contribution is -0.129. The number of amides is 1. The Kier molecular flexibility index (Phi) is 5.99. The van der Waals surface area contributed by atoms with Crippen LogP contribution in [0.15, 0.2) is 53.4 Å². The van der Waals surface area contributed by atoms with Gasteiger partial charge in [-0.3, -0.25) is 4.79 Å². The summed E-state index contributed by atoms with van der Waals surface area (Å²) in [7, 11) is 0. The Morgan fingerprint density at radius 3 is 2.72 bits per heavy atom. The van der Waals surface area contributed by atoms with Crippen LogP contribution in [0.25, 0.3) is 0 Å². The summed E-state index contributed by atoms with van der Waals surface area (Å²) in [6.07, 6.45) is 0.941. The van der Waals surface area contributed by atoms with Crippen molar-refractivity contribution in [2.24, 2.45) is 11.7 Å². The van der Waals surface area contributed by atoms with Crippen LogP contribution >= 0.6 is 23.4 Å². The number of hydrogen-bond donors (Lipinski definition) is 1. The lowest BCUT2D eigenvalue weighted by Gasteiger charge is -2.24. The Morgan fingerprint density at radius 1 is 1.32 bits per heavy atom. The number of rotatable bonds is 5. The molecule has 0 bridgehead atoms. The molecule has 1 aliphatic heterocycles. The molecule has 0 radical (unpaired) electrons. The predicted molar refractivity (Wildman–Crippen MR) is 100 cm³/mol. The van der Waals surface area contributed by atoms with E-state index in [4.69, 9.17) is 17.3 Å². The molecule has 6 heteroatoms. The van der Waals surface area contributed by atoms with Crippen molar-refractivity contribution < 1.29 is 9.18 Å². The third-order valence-electron chi connectivity index (χ3n) is 4.40. The third kappa shape index (κ3) is 4.35. The van der Waals surface area contributed by atoms with E-state index in [2.05, 4.69) is 0 Å². The fourth-order valence-electron chi connectivity index (χ4n) is 2.97. The lowest BCUT2D eigenvalue weighted by atomic mass is 10.1. The van der Waals surface area contributed by atoms with Gasteiger partial charge in [-0.25, -0.2) is 4.39 Å². The van der Waals surface area contributed by atoms with Crippen LogP contribution in [-0.2, 0) is 4.79 Å². The highest BCUT2D eigenvalue weighted by Crippen LogP contribution is 2.38. The fraction of sp³-hybridized carbons (Fsp3) is 0.316. The number of nitrogens with zero attached hydrogens (tertiary/aromatic N) is 1. The van der Waals surface area contributed by atoms with Crippen molar-refractivity contribution >= 4 is 29.3 Å². The monoisotopic (exact) mass is 378 g/mol. The molecule has 2 aromatic rings. The molecule has 0 spiro atoms. The van der Waals surface area contributed by atoms with Crippen molar-refractivity contribution in [3.63, 3.8) is 0 Å². The first kappa shape index (κ1) is 18.2. The van der Waals surface area contributed by atoms with Crippen LogP contribution in [-0.4, -0.2) is 30.4 Å². The van der Waals surface area contributed by atoms with Gasteiger partial charge >= 0.3 is 0 Å². The normalized spacial score (nSPS) is 18.4. The molecule has 3 nitrogen and oxygen atoms in total. The van der Waals surface area contributed by atoms with Crippen LogP contribution in [0.4, 0.5) is 4.39 Å². The SMILES string of the molecule is NCC1CCN(C(=O)C(Sc2ccc(F)c(Cl)c2)c2ccccc2)C1. The Balaban J connectivity index is 1.85. The summed E-state index contributed by atoms with van der Waals surface area (Å²) in [4.78, 5) is 15.8. The second-order valence-electron chi connectivity index (χ2n) is 6.16. The average molecular weight is 379 g/mol. The van der Waals surface area contributed by atoms with Crippen LogP contribution in [0, 0.1) is 11.7 Å². The Morgan fingerprint density at radius 2 is 2.08 bits per heavy atom. The minimum absolute atomic E-state index is 0.0626. The number of likely N-dealkylation sites (tertiary alicyclic amines) is 1. The van der Waals surface area contributed by atoms with Gasteiger partial charge in [-0.15, -0.1) is 11.8 Å². The maximum atomic E-state index is 13.4. The fourth-order valence-corrected chi connectivity index (χ4v) is 4.36. The van der Waals surface area contributed by atoms with E-state index in [1.54, 1.807) is 12.1 Å². The van der Waals surface area contributed by atoms with E-state index in [0.717, 1.165) is 23.4 Å². The van der Waals surface area contributed by atoms with Crippen LogP contribution < -0.4 is 5.73 Å². The van der Waals surface area contributed by atoms with Gasteiger partial charge < -0.3 is 10.6 Å². The van der Waals surface area contributed by atoms with Gasteiger partial charge in [-0.1, -0.05) is 41.9 Å². The molecule has 0 saturated carbocycles. The lowest BCUT2D eigenvalue weighted by Crippen LogP contribution is -2.33. The minimum atomic E-state index is -0.459. The molecular formula is C19H20ClFN2OS. The van der Waals surface area contributed by atoms with E-state index in [0.29, 0.717) is 19.0 Å². The molecule has 2 atom stereocenters. The van der Waals surface area contributed by atoms with E-state index >= 15 is 0 Å². The molecular weight excluding hydrogens is 359 g/mol. The predicted octanol–water partition coefficient (Wildman–Crippen LogP) is 4.12. The summed E-state index contributed by atoms with van der Waals surface area (Å²) in [5, 5.41) is -0.326. The molecule has 0 aromatic heterocycles. The standard InChI is InChI=1S/C19H20ClFN2OS/c20-16-10-15(6-7-17(16)21)25-18(14-4-2-1-3-5-14)19(24)23-9-8-13(11-22)12-23/h1-7,10,13,18H,8-9,11-12,22H2. The summed E-state index contributed by atoms with van der Waals surface area (Å²) in [5.74, 6) is -0.0304. The zero-order valence-electron chi connectivity index (χ0n) is 13.7. The highest BCUT2D eigenvalue weighted by Gasteiger charge is 2.32. The molecule has 1 aliphatic rings. The van der Waals surface area contributed by atoms with Gasteiger partial charge in [-0.2, -0.15) is 0 Å². The van der Waals surface area contributed by atoms with Gasteiger partial charge in [0.05, 0.1) is 5.02 Å². The molecule has 25 heavy (non-hydrogen) atoms. The summed E-state index contributed by atoms with van der Waals surface area (Å²) < 4.78 is 13.4. The zero-order chi connectivity index (χ0) is 17.8. The molecule has 0 aliphatic carbocycles. The summed E-state index contributed by atoms with van der Waals surface area (Å²) in [6.45, 7) is 2.03. The highest BCUT2D eigenvalue weighted by atomic mass is 35.5. The van der Waals surface area contributed by atoms with Gasteiger partial charge in [-0.05, 0) is 42.6 Å². The second-order valence-corrected chi connectivity index (χ2v) is 7.74. The molecule has 132 valence electrons. The van der Waals surface area contributed by atoms with Gasteiger partial charge in [0.2, 0.25) is 5.91 Å². The summed E-state index contributed by atoms with van der Waals surface area (Å²) in [6, 6.07) is 14.2. The van der Waals surface area contributed by atoms with Crippen molar-refractivity contribution in [1.82, 2.24) is 4.90 Å². The van der Waals surface area contributed by atoms with E-state index in [1.165, 1.54) is 17.8 Å². The van der Waals surface area contributed by atoms with E-state index in [9.17, 15) is 9.18 Å². The van der Waals surface area contributed by atoms with Crippen molar-refractivity contribution in [1.29, 1.82) is 0 Å². The molecule has 1 amide bonds. The van der Waals surface area contributed by atoms with E-state index in [1.807, 2.05) is 35.2 Å². The topological polar surface area (TPSA) is 46.3 Å². The molecule has 1 saturated heterocycles. The maximum absolute atomic E-state index is 13.4. The largest absolute Gasteiger partial charge is 0.341 e. The van der Waals surface area contributed by atoms with Gasteiger partial charge in [0.15, 0.2) is 0 Å². The number of carbonyl (C=O) groups excluding carboxylic acids is 1. The first-order valence-corrected chi connectivity index (χ1v) is 9.49. The number of halogens is 2. The number of hydrogen-bond acceptors (Lipinski definition) is 3. The van der Waals surface area contributed by atoms with Crippen molar-refractivity contribution in [2.75, 3.05) is 19.6 Å². The zero-order valence-corrected chi connectivity index (χ0v) is 15.3. The van der Waals surface area contributed by atoms with Crippen molar-refractivity contribution in [3.8, 4) is 0 Å². The summed E-state index contributed by atoms with van der Waals surface area (Å²) >= 11 is 7.29. The van der Waals surface area contributed by atoms with Gasteiger partial charge in [0, 0.05) is 18.0 Å².